The molecule has 1 aromatic carbocycles. The Kier molecular flexibility index (Phi) is 6.56. The number of aryl methyl sites for hydroxylation is 3. The maximum absolute atomic E-state index is 12.0. The van der Waals surface area contributed by atoms with Crippen molar-refractivity contribution in [2.45, 2.75) is 44.9 Å². The lowest BCUT2D eigenvalue weighted by molar-refractivity contribution is -0.123. The molecule has 0 atom stereocenters. The molecule has 29 heavy (non-hydrogen) atoms. The van der Waals surface area contributed by atoms with Crippen LogP contribution in [-0.4, -0.2) is 29.2 Å². The quantitative estimate of drug-likeness (QED) is 0.506. The summed E-state index contributed by atoms with van der Waals surface area (Å²) in [7, 11) is 0. The highest BCUT2D eigenvalue weighted by Gasteiger charge is 2.12. The van der Waals surface area contributed by atoms with Gasteiger partial charge in [0.15, 0.2) is 6.61 Å². The molecule has 1 amide bonds. The summed E-state index contributed by atoms with van der Waals surface area (Å²) in [5.41, 5.74) is 2.76. The number of ether oxygens (including phenoxy) is 1. The van der Waals surface area contributed by atoms with Gasteiger partial charge in [-0.2, -0.15) is 4.98 Å². The minimum Gasteiger partial charge on any atom is -0.484 e. The Labute approximate surface area is 174 Å². The summed E-state index contributed by atoms with van der Waals surface area (Å²) in [6.07, 6.45) is 7.08. The summed E-state index contributed by atoms with van der Waals surface area (Å²) in [6, 6.07) is 10.1. The number of thiophene rings is 1. The first-order chi connectivity index (χ1) is 14.3. The molecule has 0 fully saturated rings. The van der Waals surface area contributed by atoms with Gasteiger partial charge in [0.2, 0.25) is 11.7 Å². The highest BCUT2D eigenvalue weighted by molar-refractivity contribution is 7.13. The normalized spacial score (nSPS) is 12.7. The van der Waals surface area contributed by atoms with Crippen LogP contribution in [0.25, 0.3) is 10.7 Å². The van der Waals surface area contributed by atoms with Gasteiger partial charge in [0.1, 0.15) is 5.75 Å². The number of hydrogen-bond donors (Lipinski definition) is 1. The number of amides is 1. The molecule has 7 heteroatoms. The number of carbonyl (C=O) groups excluding carboxylic acids is 1. The van der Waals surface area contributed by atoms with E-state index in [9.17, 15) is 4.79 Å². The van der Waals surface area contributed by atoms with Gasteiger partial charge in [-0.15, -0.1) is 11.3 Å². The first-order valence-corrected chi connectivity index (χ1v) is 11.0. The lowest BCUT2D eigenvalue weighted by atomic mass is 10.1. The number of unbranched alkanes of at least 4 members (excludes halogenated alkanes) is 2. The van der Waals surface area contributed by atoms with Crippen LogP contribution in [0.5, 0.6) is 5.75 Å². The molecule has 1 N–H and O–H groups in total. The van der Waals surface area contributed by atoms with Crippen molar-refractivity contribution in [1.82, 2.24) is 15.5 Å². The number of nitrogens with one attached hydrogen (secondary N) is 1. The molecule has 0 bridgehead atoms. The third-order valence-corrected chi connectivity index (χ3v) is 5.90. The predicted molar refractivity (Wildman–Crippen MR) is 112 cm³/mol. The molecule has 0 radical (unpaired) electrons. The summed E-state index contributed by atoms with van der Waals surface area (Å²) >= 11 is 1.60. The first-order valence-electron chi connectivity index (χ1n) is 10.2. The maximum Gasteiger partial charge on any atom is 0.257 e. The van der Waals surface area contributed by atoms with Crippen molar-refractivity contribution in [3.63, 3.8) is 0 Å². The van der Waals surface area contributed by atoms with Crippen molar-refractivity contribution >= 4 is 17.2 Å². The third kappa shape index (κ3) is 5.44. The molecule has 0 unspecified atom stereocenters. The molecule has 2 heterocycles. The Morgan fingerprint density at radius 2 is 2.10 bits per heavy atom. The summed E-state index contributed by atoms with van der Waals surface area (Å²) < 4.78 is 10.9. The topological polar surface area (TPSA) is 77.2 Å². The van der Waals surface area contributed by atoms with Crippen molar-refractivity contribution in [2.24, 2.45) is 0 Å². The SMILES string of the molecule is O=C(COc1ccc2c(c1)CCC2)NCCCCCc1nc(-c2cccs2)no1. The van der Waals surface area contributed by atoms with Crippen LogP contribution in [0.1, 0.15) is 42.7 Å². The Morgan fingerprint density at radius 1 is 1.17 bits per heavy atom. The van der Waals surface area contributed by atoms with Gasteiger partial charge in [0.05, 0.1) is 4.88 Å². The molecular weight excluding hydrogens is 386 g/mol. The van der Waals surface area contributed by atoms with Crippen LogP contribution in [0.15, 0.2) is 40.2 Å². The minimum absolute atomic E-state index is 0.0618. The van der Waals surface area contributed by atoms with Gasteiger partial charge >= 0.3 is 0 Å². The number of carbonyl (C=O) groups is 1. The number of fused-ring (bicyclic) bond motifs is 1. The van der Waals surface area contributed by atoms with E-state index in [1.54, 1.807) is 11.3 Å². The standard InChI is InChI=1S/C22H25N3O3S/c26-20(15-27-18-11-10-16-6-4-7-17(16)14-18)23-12-3-1-2-9-21-24-22(25-28-21)19-8-5-13-29-19/h5,8,10-11,13-14H,1-4,6-7,9,12,15H2,(H,23,26). The molecule has 0 spiro atoms. The van der Waals surface area contributed by atoms with Crippen LogP contribution in [-0.2, 0) is 24.1 Å². The van der Waals surface area contributed by atoms with Gasteiger partial charge in [-0.25, -0.2) is 0 Å². The second-order valence-electron chi connectivity index (χ2n) is 7.22. The van der Waals surface area contributed by atoms with Crippen molar-refractivity contribution in [3.8, 4) is 16.5 Å². The molecule has 1 aliphatic carbocycles. The van der Waals surface area contributed by atoms with Gasteiger partial charge < -0.3 is 14.6 Å². The van der Waals surface area contributed by atoms with Crippen molar-refractivity contribution < 1.29 is 14.1 Å². The van der Waals surface area contributed by atoms with E-state index in [-0.39, 0.29) is 12.5 Å². The molecule has 4 rings (SSSR count). The Morgan fingerprint density at radius 3 is 3.00 bits per heavy atom. The number of rotatable bonds is 10. The highest BCUT2D eigenvalue weighted by Crippen LogP contribution is 2.26. The Bertz CT molecular complexity index is 937. The van der Waals surface area contributed by atoms with Gasteiger partial charge in [0.25, 0.3) is 5.91 Å². The summed E-state index contributed by atoms with van der Waals surface area (Å²) in [6.45, 7) is 0.711. The van der Waals surface area contributed by atoms with E-state index in [2.05, 4.69) is 27.6 Å². The fraction of sp³-hybridized carbons (Fsp3) is 0.409. The van der Waals surface area contributed by atoms with Crippen LogP contribution < -0.4 is 10.1 Å². The molecular formula is C22H25N3O3S. The lowest BCUT2D eigenvalue weighted by Crippen LogP contribution is -2.29. The summed E-state index contributed by atoms with van der Waals surface area (Å²) in [5.74, 6) is 2.02. The fourth-order valence-electron chi connectivity index (χ4n) is 3.51. The average molecular weight is 412 g/mol. The van der Waals surface area contributed by atoms with E-state index in [1.807, 2.05) is 23.6 Å². The van der Waals surface area contributed by atoms with Gasteiger partial charge in [-0.05, 0) is 66.8 Å². The highest BCUT2D eigenvalue weighted by atomic mass is 32.1. The van der Waals surface area contributed by atoms with Gasteiger partial charge in [0, 0.05) is 13.0 Å². The monoisotopic (exact) mass is 411 g/mol. The van der Waals surface area contributed by atoms with E-state index in [1.165, 1.54) is 17.5 Å². The second-order valence-corrected chi connectivity index (χ2v) is 8.17. The van der Waals surface area contributed by atoms with Crippen LogP contribution in [0.4, 0.5) is 0 Å². The van der Waals surface area contributed by atoms with Crippen molar-refractivity contribution in [1.29, 1.82) is 0 Å². The van der Waals surface area contributed by atoms with Crippen LogP contribution >= 0.6 is 11.3 Å². The Balaban J connectivity index is 1.08. The van der Waals surface area contributed by atoms with Crippen LogP contribution in [0.3, 0.4) is 0 Å². The van der Waals surface area contributed by atoms with Crippen molar-refractivity contribution in [2.75, 3.05) is 13.2 Å². The first kappa shape index (κ1) is 19.6. The average Bonchev–Trinajstić information content (AvgIpc) is 3.49. The van der Waals surface area contributed by atoms with E-state index in [4.69, 9.17) is 9.26 Å². The van der Waals surface area contributed by atoms with Crippen molar-refractivity contribution in [3.05, 3.63) is 52.7 Å². The smallest absolute Gasteiger partial charge is 0.257 e. The van der Waals surface area contributed by atoms with Crippen LogP contribution in [0, 0.1) is 0 Å². The zero-order chi connectivity index (χ0) is 19.9. The fourth-order valence-corrected chi connectivity index (χ4v) is 4.16. The molecule has 0 aliphatic heterocycles. The largest absolute Gasteiger partial charge is 0.484 e. The summed E-state index contributed by atoms with van der Waals surface area (Å²) in [4.78, 5) is 17.4. The zero-order valence-corrected chi connectivity index (χ0v) is 17.2. The molecule has 0 saturated carbocycles. The number of hydrogen-bond acceptors (Lipinski definition) is 6. The maximum atomic E-state index is 12.0. The van der Waals surface area contributed by atoms with Crippen LogP contribution in [0.2, 0.25) is 0 Å². The van der Waals surface area contributed by atoms with E-state index in [0.29, 0.717) is 18.3 Å². The lowest BCUT2D eigenvalue weighted by Gasteiger charge is -2.09. The summed E-state index contributed by atoms with van der Waals surface area (Å²) in [5, 5.41) is 8.92. The molecule has 152 valence electrons. The predicted octanol–water partition coefficient (Wildman–Crippen LogP) is 4.19. The molecule has 0 saturated heterocycles. The number of benzene rings is 1. The zero-order valence-electron chi connectivity index (χ0n) is 16.4. The Hall–Kier alpha value is -2.67. The van der Waals surface area contributed by atoms with Gasteiger partial charge in [-0.1, -0.05) is 23.7 Å². The molecule has 2 aromatic heterocycles. The van der Waals surface area contributed by atoms with Gasteiger partial charge in [-0.3, -0.25) is 4.79 Å². The second kappa shape index (κ2) is 9.69. The van der Waals surface area contributed by atoms with E-state index in [0.717, 1.165) is 49.2 Å². The molecule has 1 aliphatic rings. The number of nitrogens with zero attached hydrogens (tertiary/aromatic N) is 2. The minimum atomic E-state index is -0.0806. The van der Waals surface area contributed by atoms with E-state index >= 15 is 0 Å². The number of aromatic nitrogens is 2. The van der Waals surface area contributed by atoms with E-state index < -0.39 is 0 Å². The molecule has 3 aromatic rings. The third-order valence-electron chi connectivity index (χ3n) is 5.04. The molecule has 6 nitrogen and oxygen atoms in total.